The van der Waals surface area contributed by atoms with Crippen molar-refractivity contribution in [2.75, 3.05) is 20.3 Å². The van der Waals surface area contributed by atoms with Gasteiger partial charge in [-0.3, -0.25) is 9.59 Å². The third-order valence-corrected chi connectivity index (χ3v) is 4.04. The van der Waals surface area contributed by atoms with Crippen molar-refractivity contribution in [3.05, 3.63) is 46.5 Å². The topological polar surface area (TPSA) is 90.4 Å². The number of nitrogens with zero attached hydrogens (tertiary/aromatic N) is 1. The molecule has 7 heteroatoms. The van der Waals surface area contributed by atoms with Crippen LogP contribution >= 0.6 is 0 Å². The average Bonchev–Trinajstić information content (AvgIpc) is 3.17. The molecule has 25 heavy (non-hydrogen) atoms. The van der Waals surface area contributed by atoms with Gasteiger partial charge in [-0.05, 0) is 32.9 Å². The number of ether oxygens (including phenoxy) is 2. The molecule has 1 N–H and O–H groups in total. The van der Waals surface area contributed by atoms with E-state index in [0.717, 1.165) is 11.4 Å². The summed E-state index contributed by atoms with van der Waals surface area (Å²) in [4.78, 5) is 38.3. The molecular weight excluding hydrogens is 324 g/mol. The molecule has 2 aromatic rings. The van der Waals surface area contributed by atoms with Crippen molar-refractivity contribution in [2.45, 2.75) is 27.3 Å². The summed E-state index contributed by atoms with van der Waals surface area (Å²) in [5.41, 5.74) is 2.81. The highest BCUT2D eigenvalue weighted by atomic mass is 16.5. The van der Waals surface area contributed by atoms with Crippen LogP contribution in [-0.4, -0.2) is 47.4 Å². The van der Waals surface area contributed by atoms with Gasteiger partial charge in [-0.1, -0.05) is 0 Å². The molecule has 0 aliphatic heterocycles. The van der Waals surface area contributed by atoms with Crippen LogP contribution in [0.3, 0.4) is 0 Å². The first-order chi connectivity index (χ1) is 11.8. The number of aromatic amines is 1. The predicted octanol–water partition coefficient (Wildman–Crippen LogP) is 2.32. The number of carbonyl (C=O) groups is 3. The molecule has 7 nitrogen and oxygen atoms in total. The second-order valence-corrected chi connectivity index (χ2v) is 5.79. The van der Waals surface area contributed by atoms with Crippen LogP contribution in [0.1, 0.15) is 49.5 Å². The van der Waals surface area contributed by atoms with Crippen molar-refractivity contribution in [3.8, 4) is 0 Å². The minimum atomic E-state index is -0.672. The molecule has 0 fully saturated rings. The molecule has 0 atom stereocenters. The number of aryl methyl sites for hydroxylation is 1. The Labute approximate surface area is 145 Å². The van der Waals surface area contributed by atoms with Gasteiger partial charge in [-0.2, -0.15) is 0 Å². The van der Waals surface area contributed by atoms with Gasteiger partial charge in [0.05, 0.1) is 6.61 Å². The molecule has 0 saturated heterocycles. The molecule has 0 aliphatic carbocycles. The fourth-order valence-corrected chi connectivity index (χ4v) is 2.61. The SMILES string of the molecule is COCCn1c(C)cc(C(=O)COC(=O)c2cc(C(C)=O)c[nH]2)c1C. The molecule has 0 radical (unpaired) electrons. The maximum absolute atomic E-state index is 12.4. The van der Waals surface area contributed by atoms with Crippen molar-refractivity contribution >= 4 is 17.5 Å². The Balaban J connectivity index is 2.02. The van der Waals surface area contributed by atoms with E-state index in [-0.39, 0.29) is 23.9 Å². The van der Waals surface area contributed by atoms with Crippen LogP contribution in [0, 0.1) is 13.8 Å². The molecule has 134 valence electrons. The van der Waals surface area contributed by atoms with Gasteiger partial charge in [0.25, 0.3) is 0 Å². The van der Waals surface area contributed by atoms with Crippen LogP contribution in [0.5, 0.6) is 0 Å². The lowest BCUT2D eigenvalue weighted by Gasteiger charge is -2.09. The standard InChI is InChI=1S/C18H22N2O5/c1-11-7-15(12(2)20(11)5-6-24-4)17(22)10-25-18(23)16-8-14(9-19-16)13(3)21/h7-9,19H,5-6,10H2,1-4H3. The summed E-state index contributed by atoms with van der Waals surface area (Å²) in [7, 11) is 1.62. The monoisotopic (exact) mass is 346 g/mol. The molecular formula is C18H22N2O5. The molecule has 2 rings (SSSR count). The highest BCUT2D eigenvalue weighted by Gasteiger charge is 2.18. The second-order valence-electron chi connectivity index (χ2n) is 5.79. The van der Waals surface area contributed by atoms with Gasteiger partial charge < -0.3 is 19.0 Å². The summed E-state index contributed by atoms with van der Waals surface area (Å²) in [5.74, 6) is -1.10. The van der Waals surface area contributed by atoms with Gasteiger partial charge in [-0.15, -0.1) is 0 Å². The van der Waals surface area contributed by atoms with E-state index in [2.05, 4.69) is 4.98 Å². The summed E-state index contributed by atoms with van der Waals surface area (Å²) in [6.07, 6.45) is 1.43. The number of hydrogen-bond acceptors (Lipinski definition) is 5. The van der Waals surface area contributed by atoms with Crippen molar-refractivity contribution in [1.82, 2.24) is 9.55 Å². The smallest absolute Gasteiger partial charge is 0.355 e. The summed E-state index contributed by atoms with van der Waals surface area (Å²) in [5, 5.41) is 0. The molecule has 0 amide bonds. The van der Waals surface area contributed by atoms with Crippen LogP contribution in [-0.2, 0) is 16.0 Å². The van der Waals surface area contributed by atoms with Crippen molar-refractivity contribution in [2.24, 2.45) is 0 Å². The van der Waals surface area contributed by atoms with E-state index in [4.69, 9.17) is 9.47 Å². The minimum Gasteiger partial charge on any atom is -0.453 e. The van der Waals surface area contributed by atoms with Crippen molar-refractivity contribution < 1.29 is 23.9 Å². The number of esters is 1. The van der Waals surface area contributed by atoms with Gasteiger partial charge in [0.15, 0.2) is 12.4 Å². The first kappa shape index (κ1) is 18.7. The first-order valence-corrected chi connectivity index (χ1v) is 7.90. The van der Waals surface area contributed by atoms with Gasteiger partial charge in [0, 0.05) is 42.4 Å². The average molecular weight is 346 g/mol. The summed E-state index contributed by atoms with van der Waals surface area (Å²) < 4.78 is 12.1. The highest BCUT2D eigenvalue weighted by Crippen LogP contribution is 2.16. The molecule has 0 spiro atoms. The van der Waals surface area contributed by atoms with Crippen molar-refractivity contribution in [3.63, 3.8) is 0 Å². The quantitative estimate of drug-likeness (QED) is 0.585. The van der Waals surface area contributed by atoms with Gasteiger partial charge >= 0.3 is 5.97 Å². The normalized spacial score (nSPS) is 10.7. The number of rotatable bonds is 8. The van der Waals surface area contributed by atoms with E-state index in [0.29, 0.717) is 24.3 Å². The summed E-state index contributed by atoms with van der Waals surface area (Å²) >= 11 is 0. The lowest BCUT2D eigenvalue weighted by atomic mass is 10.1. The fraction of sp³-hybridized carbons (Fsp3) is 0.389. The number of aromatic nitrogens is 2. The summed E-state index contributed by atoms with van der Waals surface area (Å²) in [6, 6.07) is 3.19. The van der Waals surface area contributed by atoms with E-state index in [1.54, 1.807) is 13.2 Å². The number of nitrogens with one attached hydrogen (secondary N) is 1. The zero-order valence-electron chi connectivity index (χ0n) is 14.8. The molecule has 2 heterocycles. The van der Waals surface area contributed by atoms with Crippen LogP contribution in [0.15, 0.2) is 18.3 Å². The largest absolute Gasteiger partial charge is 0.453 e. The predicted molar refractivity (Wildman–Crippen MR) is 91.2 cm³/mol. The zero-order chi connectivity index (χ0) is 18.6. The molecule has 0 aliphatic rings. The Bertz CT molecular complexity index is 800. The van der Waals surface area contributed by atoms with Crippen molar-refractivity contribution in [1.29, 1.82) is 0 Å². The van der Waals surface area contributed by atoms with Gasteiger partial charge in [-0.25, -0.2) is 4.79 Å². The van der Waals surface area contributed by atoms with Crippen LogP contribution in [0.2, 0.25) is 0 Å². The maximum atomic E-state index is 12.4. The zero-order valence-corrected chi connectivity index (χ0v) is 14.8. The van der Waals surface area contributed by atoms with Crippen LogP contribution in [0.4, 0.5) is 0 Å². The fourth-order valence-electron chi connectivity index (χ4n) is 2.61. The number of carbonyl (C=O) groups excluding carboxylic acids is 3. The van der Waals surface area contributed by atoms with Crippen LogP contribution in [0.25, 0.3) is 0 Å². The van der Waals surface area contributed by atoms with E-state index < -0.39 is 5.97 Å². The maximum Gasteiger partial charge on any atom is 0.355 e. The molecule has 0 saturated carbocycles. The van der Waals surface area contributed by atoms with E-state index in [1.165, 1.54) is 19.2 Å². The molecule has 0 unspecified atom stereocenters. The molecule has 0 aromatic carbocycles. The van der Waals surface area contributed by atoms with E-state index in [1.807, 2.05) is 18.4 Å². The van der Waals surface area contributed by atoms with E-state index >= 15 is 0 Å². The Kier molecular flexibility index (Phi) is 5.93. The Morgan fingerprint density at radius 3 is 2.52 bits per heavy atom. The first-order valence-electron chi connectivity index (χ1n) is 7.90. The number of hydrogen-bond donors (Lipinski definition) is 1. The van der Waals surface area contributed by atoms with Gasteiger partial charge in [0.1, 0.15) is 5.69 Å². The lowest BCUT2D eigenvalue weighted by Crippen LogP contribution is -2.15. The summed E-state index contributed by atoms with van der Waals surface area (Å²) in [6.45, 7) is 6.00. The number of H-pyrrole nitrogens is 1. The Morgan fingerprint density at radius 2 is 1.92 bits per heavy atom. The minimum absolute atomic E-state index is 0.142. The third kappa shape index (κ3) is 4.24. The molecule has 2 aromatic heterocycles. The number of ketones is 2. The third-order valence-electron chi connectivity index (χ3n) is 4.04. The van der Waals surface area contributed by atoms with Crippen LogP contribution < -0.4 is 0 Å². The highest BCUT2D eigenvalue weighted by molar-refractivity contribution is 6.01. The number of methoxy groups -OCH3 is 1. The molecule has 0 bridgehead atoms. The Hall–Kier alpha value is -2.67. The van der Waals surface area contributed by atoms with E-state index in [9.17, 15) is 14.4 Å². The lowest BCUT2D eigenvalue weighted by molar-refractivity contribution is 0.0469. The van der Waals surface area contributed by atoms with Gasteiger partial charge in [0.2, 0.25) is 5.78 Å². The Morgan fingerprint density at radius 1 is 1.20 bits per heavy atom. The number of Topliss-reactive ketones (excluding diaryl/α,β-unsaturated/α-hetero) is 2. The second kappa shape index (κ2) is 7.94.